The van der Waals surface area contributed by atoms with E-state index in [1.807, 2.05) is 0 Å². The van der Waals surface area contributed by atoms with Gasteiger partial charge in [0, 0.05) is 12.3 Å². The molecule has 1 aromatic carbocycles. The average molecular weight is 376 g/mol. The summed E-state index contributed by atoms with van der Waals surface area (Å²) >= 11 is 0. The molecule has 4 atom stereocenters. The lowest BCUT2D eigenvalue weighted by molar-refractivity contribution is -0.236. The Kier molecular flexibility index (Phi) is 4.59. The van der Waals surface area contributed by atoms with E-state index in [4.69, 9.17) is 14.2 Å². The van der Waals surface area contributed by atoms with Gasteiger partial charge >= 0.3 is 5.97 Å². The van der Waals surface area contributed by atoms with Crippen LogP contribution >= 0.6 is 0 Å². The molecule has 3 aliphatic rings. The minimum absolute atomic E-state index is 0.0421. The Morgan fingerprint density at radius 2 is 1.96 bits per heavy atom. The molecule has 3 fully saturated rings. The van der Waals surface area contributed by atoms with Gasteiger partial charge in [-0.15, -0.1) is 0 Å². The second kappa shape index (κ2) is 6.67. The van der Waals surface area contributed by atoms with E-state index in [9.17, 15) is 14.0 Å². The summed E-state index contributed by atoms with van der Waals surface area (Å²) in [5, 5.41) is 0. The predicted molar refractivity (Wildman–Crippen MR) is 94.3 cm³/mol. The zero-order valence-corrected chi connectivity index (χ0v) is 15.7. The van der Waals surface area contributed by atoms with Crippen molar-refractivity contribution in [2.75, 3.05) is 20.3 Å². The third kappa shape index (κ3) is 2.64. The summed E-state index contributed by atoms with van der Waals surface area (Å²) in [4.78, 5) is 25.9. The van der Waals surface area contributed by atoms with E-state index < -0.39 is 23.1 Å². The number of esters is 1. The van der Waals surface area contributed by atoms with Gasteiger partial charge in [-0.25, -0.2) is 4.39 Å². The fraction of sp³-hybridized carbons (Fsp3) is 0.619. The summed E-state index contributed by atoms with van der Waals surface area (Å²) in [6.07, 6.45) is 2.11. The third-order valence-corrected chi connectivity index (χ3v) is 6.92. The first-order valence-corrected chi connectivity index (χ1v) is 9.61. The lowest BCUT2D eigenvalue weighted by Gasteiger charge is -2.55. The SMILES string of the molecule is COC(=O)C1CC[C@H]2[C@H](C)C3(CC[C@]2(c2cccc(F)c2)C1=O)OCCO3. The van der Waals surface area contributed by atoms with E-state index in [-0.39, 0.29) is 23.4 Å². The molecule has 4 rings (SSSR count). The number of fused-ring (bicyclic) bond motifs is 1. The molecule has 0 amide bonds. The fourth-order valence-corrected chi connectivity index (χ4v) is 5.62. The molecule has 0 N–H and O–H groups in total. The molecule has 1 spiro atoms. The van der Waals surface area contributed by atoms with Crippen LogP contribution < -0.4 is 0 Å². The van der Waals surface area contributed by atoms with Crippen LogP contribution in [0.15, 0.2) is 24.3 Å². The molecule has 1 saturated heterocycles. The number of rotatable bonds is 2. The first kappa shape index (κ1) is 18.6. The van der Waals surface area contributed by atoms with E-state index in [2.05, 4.69) is 6.92 Å². The summed E-state index contributed by atoms with van der Waals surface area (Å²) in [7, 11) is 1.30. The molecule has 2 saturated carbocycles. The zero-order chi connectivity index (χ0) is 19.2. The molecule has 27 heavy (non-hydrogen) atoms. The number of carbonyl (C=O) groups excluding carboxylic acids is 2. The number of hydrogen-bond donors (Lipinski definition) is 0. The van der Waals surface area contributed by atoms with Crippen LogP contribution in [0.2, 0.25) is 0 Å². The first-order chi connectivity index (χ1) is 12.9. The van der Waals surface area contributed by atoms with Gasteiger partial charge in [0.05, 0.1) is 25.7 Å². The van der Waals surface area contributed by atoms with E-state index in [1.165, 1.54) is 19.2 Å². The minimum atomic E-state index is -0.917. The molecule has 1 unspecified atom stereocenters. The number of halogens is 1. The van der Waals surface area contributed by atoms with Crippen molar-refractivity contribution in [3.05, 3.63) is 35.6 Å². The van der Waals surface area contributed by atoms with E-state index in [0.717, 1.165) is 0 Å². The van der Waals surface area contributed by atoms with Gasteiger partial charge < -0.3 is 14.2 Å². The number of ketones is 1. The zero-order valence-electron chi connectivity index (χ0n) is 15.7. The highest BCUT2D eigenvalue weighted by Crippen LogP contribution is 2.58. The predicted octanol–water partition coefficient (Wildman–Crippen LogP) is 3.00. The van der Waals surface area contributed by atoms with E-state index in [1.54, 1.807) is 12.1 Å². The fourth-order valence-electron chi connectivity index (χ4n) is 5.62. The maximum absolute atomic E-state index is 14.1. The Bertz CT molecular complexity index is 757. The van der Waals surface area contributed by atoms with Gasteiger partial charge in [-0.05, 0) is 42.9 Å². The molecule has 1 heterocycles. The van der Waals surface area contributed by atoms with Crippen LogP contribution in [-0.4, -0.2) is 37.9 Å². The van der Waals surface area contributed by atoms with E-state index >= 15 is 0 Å². The van der Waals surface area contributed by atoms with Crippen molar-refractivity contribution in [2.24, 2.45) is 17.8 Å². The standard InChI is InChI=1S/C21H25FO5/c1-13-17-7-6-16(19(24)25-2)18(23)20(17,14-4-3-5-15(22)12-14)8-9-21(13)26-10-11-27-21/h3-5,12-13,16-17H,6-11H2,1-2H3/t13-,16?,17-,20+/m0/s1. The highest BCUT2D eigenvalue weighted by atomic mass is 19.1. The third-order valence-electron chi connectivity index (χ3n) is 6.92. The number of Topliss-reactive ketones (excluding diaryl/α,β-unsaturated/α-hetero) is 1. The number of carbonyl (C=O) groups is 2. The van der Waals surface area contributed by atoms with Crippen LogP contribution in [0.3, 0.4) is 0 Å². The number of hydrogen-bond acceptors (Lipinski definition) is 5. The molecule has 2 aliphatic carbocycles. The van der Waals surface area contributed by atoms with Gasteiger partial charge in [-0.1, -0.05) is 19.1 Å². The normalized spacial score (nSPS) is 35.1. The molecule has 0 radical (unpaired) electrons. The summed E-state index contributed by atoms with van der Waals surface area (Å²) in [6.45, 7) is 3.14. The van der Waals surface area contributed by atoms with Crippen molar-refractivity contribution in [1.82, 2.24) is 0 Å². The van der Waals surface area contributed by atoms with Crippen LogP contribution in [0.1, 0.15) is 38.2 Å². The highest BCUT2D eigenvalue weighted by Gasteiger charge is 2.63. The maximum atomic E-state index is 14.1. The summed E-state index contributed by atoms with van der Waals surface area (Å²) < 4.78 is 30.9. The van der Waals surface area contributed by atoms with Crippen molar-refractivity contribution in [3.63, 3.8) is 0 Å². The Balaban J connectivity index is 1.81. The minimum Gasteiger partial charge on any atom is -0.468 e. The Morgan fingerprint density at radius 1 is 1.22 bits per heavy atom. The van der Waals surface area contributed by atoms with Gasteiger partial charge in [0.15, 0.2) is 11.6 Å². The van der Waals surface area contributed by atoms with Crippen molar-refractivity contribution in [3.8, 4) is 0 Å². The topological polar surface area (TPSA) is 61.8 Å². The molecule has 6 heteroatoms. The summed E-state index contributed by atoms with van der Waals surface area (Å²) in [5.41, 5.74) is -0.273. The Labute approximate surface area is 158 Å². The van der Waals surface area contributed by atoms with Gasteiger partial charge in [0.25, 0.3) is 0 Å². The highest BCUT2D eigenvalue weighted by molar-refractivity contribution is 6.05. The largest absolute Gasteiger partial charge is 0.468 e. The van der Waals surface area contributed by atoms with Crippen molar-refractivity contribution in [2.45, 2.75) is 43.8 Å². The lowest BCUT2D eigenvalue weighted by Crippen LogP contribution is -2.61. The van der Waals surface area contributed by atoms with Crippen molar-refractivity contribution < 1.29 is 28.2 Å². The first-order valence-electron chi connectivity index (χ1n) is 9.61. The summed E-state index contributed by atoms with van der Waals surface area (Å²) in [5.74, 6) is -2.65. The van der Waals surface area contributed by atoms with Crippen LogP contribution in [0, 0.1) is 23.6 Å². The van der Waals surface area contributed by atoms with Gasteiger partial charge in [0.2, 0.25) is 0 Å². The maximum Gasteiger partial charge on any atom is 0.316 e. The van der Waals surface area contributed by atoms with Crippen LogP contribution in [-0.2, 0) is 29.2 Å². The lowest BCUT2D eigenvalue weighted by atomic mass is 9.50. The monoisotopic (exact) mass is 376 g/mol. The summed E-state index contributed by atoms with van der Waals surface area (Å²) in [6, 6.07) is 6.24. The van der Waals surface area contributed by atoms with Crippen molar-refractivity contribution >= 4 is 11.8 Å². The second-order valence-corrected chi connectivity index (χ2v) is 7.90. The molecule has 1 aromatic rings. The Hall–Kier alpha value is -1.79. The molecular formula is C21H25FO5. The smallest absolute Gasteiger partial charge is 0.316 e. The number of ether oxygens (including phenoxy) is 3. The number of methoxy groups -OCH3 is 1. The molecule has 0 bridgehead atoms. The van der Waals surface area contributed by atoms with Crippen molar-refractivity contribution in [1.29, 1.82) is 0 Å². The molecular weight excluding hydrogens is 351 g/mol. The van der Waals surface area contributed by atoms with Crippen LogP contribution in [0.5, 0.6) is 0 Å². The Morgan fingerprint density at radius 3 is 2.63 bits per heavy atom. The average Bonchev–Trinajstić information content (AvgIpc) is 3.15. The quantitative estimate of drug-likeness (QED) is 0.587. The van der Waals surface area contributed by atoms with Gasteiger partial charge in [-0.2, -0.15) is 0 Å². The second-order valence-electron chi connectivity index (χ2n) is 7.90. The van der Waals surface area contributed by atoms with Gasteiger partial charge in [-0.3, -0.25) is 9.59 Å². The molecule has 0 aromatic heterocycles. The van der Waals surface area contributed by atoms with E-state index in [0.29, 0.717) is 44.5 Å². The molecule has 5 nitrogen and oxygen atoms in total. The molecule has 1 aliphatic heterocycles. The van der Waals surface area contributed by atoms with Crippen LogP contribution in [0.4, 0.5) is 4.39 Å². The van der Waals surface area contributed by atoms with Gasteiger partial charge in [0.1, 0.15) is 11.7 Å². The molecule has 146 valence electrons. The van der Waals surface area contributed by atoms with Crippen LogP contribution in [0.25, 0.3) is 0 Å². The number of benzene rings is 1.